The fourth-order valence-corrected chi connectivity index (χ4v) is 1.26. The molecule has 0 fully saturated rings. The van der Waals surface area contributed by atoms with Crippen molar-refractivity contribution in [2.24, 2.45) is 0 Å². The maximum Gasteiger partial charge on any atom is 0.254 e. The van der Waals surface area contributed by atoms with E-state index in [1.165, 1.54) is 6.20 Å². The van der Waals surface area contributed by atoms with E-state index in [2.05, 4.69) is 22.4 Å². The third-order valence-corrected chi connectivity index (χ3v) is 2.13. The molecule has 2 N–H and O–H groups in total. The first-order valence-electron chi connectivity index (χ1n) is 5.03. The van der Waals surface area contributed by atoms with Gasteiger partial charge in [0.15, 0.2) is 0 Å². The predicted octanol–water partition coefficient (Wildman–Crippen LogP) is 1.72. The highest BCUT2D eigenvalue weighted by atomic mass is 16.1. The number of rotatable bonds is 5. The molecule has 0 saturated heterocycles. The summed E-state index contributed by atoms with van der Waals surface area (Å²) >= 11 is 0. The van der Waals surface area contributed by atoms with Gasteiger partial charge in [-0.25, -0.2) is 0 Å². The van der Waals surface area contributed by atoms with Crippen LogP contribution in [0.15, 0.2) is 12.4 Å². The second kappa shape index (κ2) is 5.42. The van der Waals surface area contributed by atoms with Crippen LogP contribution in [-0.2, 0) is 0 Å². The van der Waals surface area contributed by atoms with Crippen LogP contribution in [0.3, 0.4) is 0 Å². The van der Waals surface area contributed by atoms with Gasteiger partial charge in [0.05, 0.1) is 11.8 Å². The summed E-state index contributed by atoms with van der Waals surface area (Å²) < 4.78 is 0. The first-order valence-corrected chi connectivity index (χ1v) is 5.03. The van der Waals surface area contributed by atoms with Gasteiger partial charge in [-0.3, -0.25) is 9.89 Å². The van der Waals surface area contributed by atoms with E-state index in [-0.39, 0.29) is 11.9 Å². The van der Waals surface area contributed by atoms with Crippen LogP contribution in [0.25, 0.3) is 0 Å². The van der Waals surface area contributed by atoms with Crippen LogP contribution >= 0.6 is 0 Å². The lowest BCUT2D eigenvalue weighted by atomic mass is 10.1. The lowest BCUT2D eigenvalue weighted by Gasteiger charge is -2.11. The highest BCUT2D eigenvalue weighted by Gasteiger charge is 2.09. The zero-order valence-electron chi connectivity index (χ0n) is 8.71. The number of hydrogen-bond acceptors (Lipinski definition) is 2. The van der Waals surface area contributed by atoms with Crippen molar-refractivity contribution in [3.63, 3.8) is 0 Å². The van der Waals surface area contributed by atoms with Crippen molar-refractivity contribution in [3.8, 4) is 0 Å². The number of aromatic nitrogens is 2. The lowest BCUT2D eigenvalue weighted by molar-refractivity contribution is 0.0938. The molecule has 0 bridgehead atoms. The minimum atomic E-state index is -0.0534. The molecule has 1 unspecified atom stereocenters. The molecular formula is C10H17N3O. The van der Waals surface area contributed by atoms with Crippen molar-refractivity contribution in [1.29, 1.82) is 0 Å². The number of nitrogens with zero attached hydrogens (tertiary/aromatic N) is 1. The van der Waals surface area contributed by atoms with Gasteiger partial charge in [-0.05, 0) is 13.3 Å². The summed E-state index contributed by atoms with van der Waals surface area (Å²) in [5.74, 6) is -0.0534. The normalized spacial score (nSPS) is 12.4. The smallest absolute Gasteiger partial charge is 0.254 e. The molecule has 4 heteroatoms. The minimum absolute atomic E-state index is 0.0534. The molecule has 1 amide bonds. The summed E-state index contributed by atoms with van der Waals surface area (Å²) in [4.78, 5) is 11.5. The van der Waals surface area contributed by atoms with E-state index in [0.29, 0.717) is 5.56 Å². The molecule has 1 atom stereocenters. The second-order valence-electron chi connectivity index (χ2n) is 3.50. The second-order valence-corrected chi connectivity index (χ2v) is 3.50. The first-order chi connectivity index (χ1) is 6.74. The number of unbranched alkanes of at least 4 members (excludes halogenated alkanes) is 1. The summed E-state index contributed by atoms with van der Waals surface area (Å²) in [6, 6.07) is 0.234. The average Bonchev–Trinajstić information content (AvgIpc) is 2.67. The Kier molecular flexibility index (Phi) is 4.16. The standard InChI is InChI=1S/C10H17N3O/c1-3-4-5-8(2)13-10(14)9-6-11-12-7-9/h6-8H,3-5H2,1-2H3,(H,11,12)(H,13,14). The molecule has 1 aromatic rings. The number of hydrogen-bond donors (Lipinski definition) is 2. The average molecular weight is 195 g/mol. The SMILES string of the molecule is CCCCC(C)NC(=O)c1cn[nH]c1. The maximum atomic E-state index is 11.5. The lowest BCUT2D eigenvalue weighted by Crippen LogP contribution is -2.32. The van der Waals surface area contributed by atoms with E-state index < -0.39 is 0 Å². The molecule has 1 heterocycles. The minimum Gasteiger partial charge on any atom is -0.349 e. The third kappa shape index (κ3) is 3.20. The zero-order valence-corrected chi connectivity index (χ0v) is 8.71. The van der Waals surface area contributed by atoms with Crippen molar-refractivity contribution in [1.82, 2.24) is 15.5 Å². The van der Waals surface area contributed by atoms with Crippen LogP contribution in [0, 0.1) is 0 Å². The molecule has 78 valence electrons. The molecule has 0 aliphatic heterocycles. The van der Waals surface area contributed by atoms with Crippen LogP contribution in [0.4, 0.5) is 0 Å². The Balaban J connectivity index is 2.34. The zero-order chi connectivity index (χ0) is 10.4. The fourth-order valence-electron chi connectivity index (χ4n) is 1.26. The topological polar surface area (TPSA) is 57.8 Å². The van der Waals surface area contributed by atoms with E-state index in [4.69, 9.17) is 0 Å². The summed E-state index contributed by atoms with van der Waals surface area (Å²) in [5.41, 5.74) is 0.591. The van der Waals surface area contributed by atoms with Crippen LogP contribution in [0.1, 0.15) is 43.5 Å². The highest BCUT2D eigenvalue weighted by molar-refractivity contribution is 5.93. The van der Waals surface area contributed by atoms with Crippen molar-refractivity contribution in [2.75, 3.05) is 0 Å². The van der Waals surface area contributed by atoms with Gasteiger partial charge in [0, 0.05) is 12.2 Å². The third-order valence-electron chi connectivity index (χ3n) is 2.13. The fraction of sp³-hybridized carbons (Fsp3) is 0.600. The Hall–Kier alpha value is -1.32. The van der Waals surface area contributed by atoms with E-state index >= 15 is 0 Å². The van der Waals surface area contributed by atoms with E-state index in [0.717, 1.165) is 19.3 Å². The van der Waals surface area contributed by atoms with Crippen LogP contribution in [0.2, 0.25) is 0 Å². The number of H-pyrrole nitrogens is 1. The van der Waals surface area contributed by atoms with Gasteiger partial charge in [-0.15, -0.1) is 0 Å². The summed E-state index contributed by atoms with van der Waals surface area (Å²) in [6.07, 6.45) is 6.46. The highest BCUT2D eigenvalue weighted by Crippen LogP contribution is 2.01. The number of carbonyl (C=O) groups excluding carboxylic acids is 1. The van der Waals surface area contributed by atoms with E-state index in [1.54, 1.807) is 6.20 Å². The van der Waals surface area contributed by atoms with Gasteiger partial charge >= 0.3 is 0 Å². The molecule has 1 rings (SSSR count). The Morgan fingerprint density at radius 3 is 3.07 bits per heavy atom. The van der Waals surface area contributed by atoms with Gasteiger partial charge in [-0.1, -0.05) is 19.8 Å². The molecular weight excluding hydrogens is 178 g/mol. The predicted molar refractivity (Wildman–Crippen MR) is 55.0 cm³/mol. The van der Waals surface area contributed by atoms with Crippen LogP contribution < -0.4 is 5.32 Å². The molecule has 0 saturated carbocycles. The van der Waals surface area contributed by atoms with E-state index in [1.807, 2.05) is 6.92 Å². The summed E-state index contributed by atoms with van der Waals surface area (Å²) in [6.45, 7) is 4.16. The molecule has 4 nitrogen and oxygen atoms in total. The molecule has 14 heavy (non-hydrogen) atoms. The number of amides is 1. The molecule has 1 aromatic heterocycles. The van der Waals surface area contributed by atoms with Gasteiger partial charge in [0.2, 0.25) is 0 Å². The van der Waals surface area contributed by atoms with Crippen LogP contribution in [0.5, 0.6) is 0 Å². The quantitative estimate of drug-likeness (QED) is 0.751. The monoisotopic (exact) mass is 195 g/mol. The molecule has 0 aliphatic rings. The van der Waals surface area contributed by atoms with Crippen LogP contribution in [-0.4, -0.2) is 22.1 Å². The van der Waals surface area contributed by atoms with Gasteiger partial charge in [0.25, 0.3) is 5.91 Å². The van der Waals surface area contributed by atoms with Gasteiger partial charge in [-0.2, -0.15) is 5.10 Å². The van der Waals surface area contributed by atoms with Gasteiger partial charge < -0.3 is 5.32 Å². The number of aromatic amines is 1. The molecule has 0 aliphatic carbocycles. The van der Waals surface area contributed by atoms with Gasteiger partial charge in [0.1, 0.15) is 0 Å². The molecule has 0 aromatic carbocycles. The largest absolute Gasteiger partial charge is 0.349 e. The Morgan fingerprint density at radius 1 is 1.71 bits per heavy atom. The van der Waals surface area contributed by atoms with Crippen molar-refractivity contribution >= 4 is 5.91 Å². The Morgan fingerprint density at radius 2 is 2.50 bits per heavy atom. The Labute approximate surface area is 84.1 Å². The number of carbonyl (C=O) groups is 1. The van der Waals surface area contributed by atoms with Crippen molar-refractivity contribution in [3.05, 3.63) is 18.0 Å². The van der Waals surface area contributed by atoms with Crippen molar-refractivity contribution in [2.45, 2.75) is 39.2 Å². The molecule has 0 spiro atoms. The Bertz CT molecular complexity index is 269. The first kappa shape index (κ1) is 10.8. The van der Waals surface area contributed by atoms with Crippen molar-refractivity contribution < 1.29 is 4.79 Å². The maximum absolute atomic E-state index is 11.5. The van der Waals surface area contributed by atoms with E-state index in [9.17, 15) is 4.79 Å². The number of nitrogens with one attached hydrogen (secondary N) is 2. The summed E-state index contributed by atoms with van der Waals surface area (Å²) in [5, 5.41) is 9.26. The summed E-state index contributed by atoms with van der Waals surface area (Å²) in [7, 11) is 0. The molecule has 0 radical (unpaired) electrons.